The molecule has 3 heteroatoms. The van der Waals surface area contributed by atoms with Crippen LogP contribution in [0.4, 0.5) is 0 Å². The van der Waals surface area contributed by atoms with Crippen LogP contribution in [0.1, 0.15) is 38.7 Å². The van der Waals surface area contributed by atoms with Gasteiger partial charge in [-0.2, -0.15) is 0 Å². The molecule has 0 fully saturated rings. The van der Waals surface area contributed by atoms with Crippen LogP contribution >= 0.6 is 0 Å². The Morgan fingerprint density at radius 2 is 1.92 bits per heavy atom. The third kappa shape index (κ3) is 3.45. The molecule has 3 rings (SSSR count). The van der Waals surface area contributed by atoms with Gasteiger partial charge in [-0.3, -0.25) is 0 Å². The molecule has 0 atom stereocenters. The first-order valence-electron chi connectivity index (χ1n) is 8.51. The van der Waals surface area contributed by atoms with Gasteiger partial charge in [-0.1, -0.05) is 56.3 Å². The Morgan fingerprint density at radius 3 is 2.71 bits per heavy atom. The normalized spacial score (nSPS) is 17.0. The number of carbonyl (C=O) groups excluding carboxylic acids is 1. The van der Waals surface area contributed by atoms with E-state index in [1.165, 1.54) is 23.4 Å². The third-order valence-electron chi connectivity index (χ3n) is 4.88. The summed E-state index contributed by atoms with van der Waals surface area (Å²) in [5, 5.41) is 6.01. The summed E-state index contributed by atoms with van der Waals surface area (Å²) in [5.41, 5.74) is 3.23. The maximum Gasteiger partial charge on any atom is 0.335 e. The average molecular weight is 323 g/mol. The number of benzene rings is 2. The number of fused-ring (bicyclic) bond motifs is 1. The Morgan fingerprint density at radius 1 is 1.17 bits per heavy atom. The van der Waals surface area contributed by atoms with Crippen molar-refractivity contribution in [3.8, 4) is 0 Å². The van der Waals surface area contributed by atoms with Gasteiger partial charge < -0.3 is 10.1 Å². The Labute approximate surface area is 143 Å². The highest BCUT2D eigenvalue weighted by Crippen LogP contribution is 2.38. The molecule has 2 aromatic rings. The Bertz CT molecular complexity index is 784. The van der Waals surface area contributed by atoms with Crippen LogP contribution in [0.15, 0.2) is 53.7 Å². The van der Waals surface area contributed by atoms with Crippen molar-refractivity contribution in [3.05, 3.63) is 59.3 Å². The fourth-order valence-electron chi connectivity index (χ4n) is 3.45. The third-order valence-corrected chi connectivity index (χ3v) is 4.88. The lowest BCUT2D eigenvalue weighted by Crippen LogP contribution is -2.28. The first-order chi connectivity index (χ1) is 11.5. The van der Waals surface area contributed by atoms with Gasteiger partial charge in [0.1, 0.15) is 0 Å². The predicted molar refractivity (Wildman–Crippen MR) is 97.5 cm³/mol. The maximum absolute atomic E-state index is 12.2. The maximum atomic E-state index is 12.2. The summed E-state index contributed by atoms with van der Waals surface area (Å²) < 4.78 is 5.00. The largest absolute Gasteiger partial charge is 0.466 e. The summed E-state index contributed by atoms with van der Waals surface area (Å²) in [4.78, 5) is 12.2. The first-order valence-corrected chi connectivity index (χ1v) is 8.51. The van der Waals surface area contributed by atoms with E-state index in [0.717, 1.165) is 37.1 Å². The molecule has 1 aliphatic carbocycles. The summed E-state index contributed by atoms with van der Waals surface area (Å²) in [7, 11) is 1.46. The van der Waals surface area contributed by atoms with Crippen LogP contribution in [0.2, 0.25) is 0 Å². The van der Waals surface area contributed by atoms with Crippen molar-refractivity contribution in [2.45, 2.75) is 39.7 Å². The van der Waals surface area contributed by atoms with Crippen LogP contribution in [-0.4, -0.2) is 13.1 Å². The highest BCUT2D eigenvalue weighted by Gasteiger charge is 2.31. The van der Waals surface area contributed by atoms with Crippen molar-refractivity contribution in [2.24, 2.45) is 5.41 Å². The second kappa shape index (κ2) is 6.68. The lowest BCUT2D eigenvalue weighted by Gasteiger charge is -2.32. The molecule has 0 aromatic heterocycles. The van der Waals surface area contributed by atoms with Gasteiger partial charge in [-0.25, -0.2) is 4.79 Å². The molecule has 0 unspecified atom stereocenters. The van der Waals surface area contributed by atoms with E-state index in [1.54, 1.807) is 0 Å². The number of hydrogen-bond acceptors (Lipinski definition) is 3. The van der Waals surface area contributed by atoms with Crippen molar-refractivity contribution in [2.75, 3.05) is 7.11 Å². The second-order valence-electron chi connectivity index (χ2n) is 7.28. The molecule has 0 saturated heterocycles. The van der Waals surface area contributed by atoms with Crippen molar-refractivity contribution >= 4 is 16.7 Å². The van der Waals surface area contributed by atoms with Crippen LogP contribution in [0.25, 0.3) is 10.8 Å². The molecule has 24 heavy (non-hydrogen) atoms. The first kappa shape index (κ1) is 16.6. The van der Waals surface area contributed by atoms with Gasteiger partial charge in [0.05, 0.1) is 12.7 Å². The SMILES string of the molecule is COC(=O)C1=C(NCc2cccc3ccccc23)CCC(C)(C)C1. The number of esters is 1. The molecule has 0 bridgehead atoms. The van der Waals surface area contributed by atoms with E-state index < -0.39 is 0 Å². The lowest BCUT2D eigenvalue weighted by molar-refractivity contribution is -0.136. The topological polar surface area (TPSA) is 38.3 Å². The molecule has 0 heterocycles. The average Bonchev–Trinajstić information content (AvgIpc) is 2.59. The molecule has 3 nitrogen and oxygen atoms in total. The zero-order valence-corrected chi connectivity index (χ0v) is 14.7. The summed E-state index contributed by atoms with van der Waals surface area (Å²) in [6.07, 6.45) is 2.73. The fourth-order valence-corrected chi connectivity index (χ4v) is 3.45. The minimum absolute atomic E-state index is 0.147. The number of hydrogen-bond donors (Lipinski definition) is 1. The van der Waals surface area contributed by atoms with Crippen LogP contribution in [0.3, 0.4) is 0 Å². The van der Waals surface area contributed by atoms with Gasteiger partial charge in [0.15, 0.2) is 0 Å². The summed E-state index contributed by atoms with van der Waals surface area (Å²) in [5.74, 6) is -0.205. The molecule has 0 amide bonds. The zero-order valence-electron chi connectivity index (χ0n) is 14.7. The van der Waals surface area contributed by atoms with Gasteiger partial charge in [-0.15, -0.1) is 0 Å². The Balaban J connectivity index is 1.86. The van der Waals surface area contributed by atoms with E-state index in [2.05, 4.69) is 61.6 Å². The summed E-state index contributed by atoms with van der Waals surface area (Å²) in [6.45, 7) is 5.13. The van der Waals surface area contributed by atoms with Gasteiger partial charge in [-0.05, 0) is 41.0 Å². The van der Waals surface area contributed by atoms with E-state index >= 15 is 0 Å². The number of methoxy groups -OCH3 is 1. The van der Waals surface area contributed by atoms with Crippen LogP contribution in [0.5, 0.6) is 0 Å². The smallest absolute Gasteiger partial charge is 0.335 e. The van der Waals surface area contributed by atoms with Gasteiger partial charge in [0, 0.05) is 12.2 Å². The van der Waals surface area contributed by atoms with Gasteiger partial charge >= 0.3 is 5.97 Å². The molecule has 1 aliphatic rings. The highest BCUT2D eigenvalue weighted by atomic mass is 16.5. The monoisotopic (exact) mass is 323 g/mol. The number of allylic oxidation sites excluding steroid dienone is 1. The van der Waals surface area contributed by atoms with E-state index in [-0.39, 0.29) is 11.4 Å². The quantitative estimate of drug-likeness (QED) is 0.838. The Hall–Kier alpha value is -2.29. The van der Waals surface area contributed by atoms with E-state index in [4.69, 9.17) is 4.74 Å². The number of carbonyl (C=O) groups is 1. The second-order valence-corrected chi connectivity index (χ2v) is 7.28. The molecule has 1 N–H and O–H groups in total. The number of nitrogens with one attached hydrogen (secondary N) is 1. The Kier molecular flexibility index (Phi) is 4.61. The van der Waals surface area contributed by atoms with Gasteiger partial charge in [0.2, 0.25) is 0 Å². The highest BCUT2D eigenvalue weighted by molar-refractivity contribution is 5.89. The minimum Gasteiger partial charge on any atom is -0.466 e. The van der Waals surface area contributed by atoms with E-state index in [1.807, 2.05) is 0 Å². The molecular formula is C21H25NO2. The number of ether oxygens (including phenoxy) is 1. The van der Waals surface area contributed by atoms with Crippen molar-refractivity contribution < 1.29 is 9.53 Å². The van der Waals surface area contributed by atoms with E-state index in [0.29, 0.717) is 0 Å². The molecular weight excluding hydrogens is 298 g/mol. The van der Waals surface area contributed by atoms with Crippen LogP contribution in [-0.2, 0) is 16.1 Å². The molecule has 2 aromatic carbocycles. The lowest BCUT2D eigenvalue weighted by atomic mass is 9.76. The zero-order chi connectivity index (χ0) is 17.2. The molecule has 0 saturated carbocycles. The van der Waals surface area contributed by atoms with Crippen molar-refractivity contribution in [1.29, 1.82) is 0 Å². The fraction of sp³-hybridized carbons (Fsp3) is 0.381. The van der Waals surface area contributed by atoms with Crippen LogP contribution in [0, 0.1) is 5.41 Å². The van der Waals surface area contributed by atoms with Crippen LogP contribution < -0.4 is 5.32 Å². The van der Waals surface area contributed by atoms with E-state index in [9.17, 15) is 4.79 Å². The molecule has 0 radical (unpaired) electrons. The molecule has 0 spiro atoms. The molecule has 126 valence electrons. The molecule has 0 aliphatic heterocycles. The number of rotatable bonds is 4. The van der Waals surface area contributed by atoms with Crippen molar-refractivity contribution in [3.63, 3.8) is 0 Å². The summed E-state index contributed by atoms with van der Waals surface area (Å²) in [6, 6.07) is 14.7. The minimum atomic E-state index is -0.205. The standard InChI is InChI=1S/C21H25NO2/c1-21(2)12-11-19(18(13-21)20(23)24-3)22-14-16-9-6-8-15-7-4-5-10-17(15)16/h4-10,22H,11-14H2,1-3H3. The predicted octanol–water partition coefficient (Wildman–Crippen LogP) is 4.57. The van der Waals surface area contributed by atoms with Crippen molar-refractivity contribution in [1.82, 2.24) is 5.32 Å². The summed E-state index contributed by atoms with van der Waals surface area (Å²) >= 11 is 0. The van der Waals surface area contributed by atoms with Gasteiger partial charge in [0.25, 0.3) is 0 Å².